The fraction of sp³-hybridized carbons (Fsp3) is 0.467. The van der Waals surface area contributed by atoms with E-state index in [9.17, 15) is 19.7 Å². The minimum Gasteiger partial charge on any atom is -0.496 e. The van der Waals surface area contributed by atoms with E-state index >= 15 is 0 Å². The first-order valence-corrected chi connectivity index (χ1v) is 7.21. The molecule has 0 heterocycles. The van der Waals surface area contributed by atoms with E-state index in [2.05, 4.69) is 5.32 Å². The van der Waals surface area contributed by atoms with E-state index in [4.69, 9.17) is 19.3 Å². The molecular formula is C15H20N2O8. The van der Waals surface area contributed by atoms with E-state index in [1.165, 1.54) is 19.2 Å². The Balaban J connectivity index is 2.83. The van der Waals surface area contributed by atoms with Crippen molar-refractivity contribution in [1.82, 2.24) is 5.32 Å². The summed E-state index contributed by atoms with van der Waals surface area (Å²) in [7, 11) is 1.35. The summed E-state index contributed by atoms with van der Waals surface area (Å²) in [4.78, 5) is 33.3. The maximum atomic E-state index is 11.7. The summed E-state index contributed by atoms with van der Waals surface area (Å²) in [5, 5.41) is 22.4. The topological polar surface area (TPSA) is 137 Å². The van der Waals surface area contributed by atoms with Gasteiger partial charge in [-0.25, -0.2) is 9.59 Å². The van der Waals surface area contributed by atoms with E-state index in [1.54, 1.807) is 20.8 Å². The van der Waals surface area contributed by atoms with Crippen molar-refractivity contribution in [3.8, 4) is 11.5 Å². The number of nitrogens with one attached hydrogen (secondary N) is 1. The highest BCUT2D eigenvalue weighted by Gasteiger charge is 2.26. The molecule has 0 radical (unpaired) electrons. The minimum atomic E-state index is -1.45. The number of aliphatic carboxylic acids is 1. The Labute approximate surface area is 143 Å². The smallest absolute Gasteiger partial charge is 0.408 e. The van der Waals surface area contributed by atoms with E-state index in [0.29, 0.717) is 0 Å². The van der Waals surface area contributed by atoms with Gasteiger partial charge in [-0.1, -0.05) is 0 Å². The summed E-state index contributed by atoms with van der Waals surface area (Å²) in [6.45, 7) is 4.35. The standard InChI is InChI=1S/C15H20N2O8/c1-15(2,3)25-14(20)16-10(13(18)19)8-24-12-6-5-9(23-4)7-11(12)17(21)22/h5-7,10H,8H2,1-4H3,(H,16,20)(H,18,19). The Bertz CT molecular complexity index is 653. The van der Waals surface area contributed by atoms with Crippen LogP contribution in [-0.4, -0.2) is 47.5 Å². The Morgan fingerprint density at radius 2 is 2.00 bits per heavy atom. The number of amides is 1. The molecule has 1 aromatic carbocycles. The van der Waals surface area contributed by atoms with E-state index < -0.39 is 35.2 Å². The third-order valence-corrected chi connectivity index (χ3v) is 2.76. The molecule has 0 bridgehead atoms. The molecule has 10 heteroatoms. The van der Waals surface area contributed by atoms with Crippen molar-refractivity contribution in [2.75, 3.05) is 13.7 Å². The second-order valence-electron chi connectivity index (χ2n) is 5.94. The van der Waals surface area contributed by atoms with Crippen LogP contribution in [0.3, 0.4) is 0 Å². The summed E-state index contributed by atoms with van der Waals surface area (Å²) in [6, 6.07) is 2.41. The van der Waals surface area contributed by atoms with Crippen LogP contribution < -0.4 is 14.8 Å². The van der Waals surface area contributed by atoms with Crippen molar-refractivity contribution in [3.63, 3.8) is 0 Å². The van der Waals surface area contributed by atoms with Crippen LogP contribution in [0.2, 0.25) is 0 Å². The number of ether oxygens (including phenoxy) is 3. The summed E-state index contributed by atoms with van der Waals surface area (Å²) in [5.41, 5.74) is -1.19. The molecule has 138 valence electrons. The van der Waals surface area contributed by atoms with Crippen LogP contribution in [0.15, 0.2) is 18.2 Å². The fourth-order valence-electron chi connectivity index (χ4n) is 1.69. The van der Waals surface area contributed by atoms with Gasteiger partial charge in [-0.15, -0.1) is 0 Å². The van der Waals surface area contributed by atoms with Crippen molar-refractivity contribution in [2.45, 2.75) is 32.4 Å². The molecule has 0 saturated heterocycles. The van der Waals surface area contributed by atoms with Crippen molar-refractivity contribution in [1.29, 1.82) is 0 Å². The van der Waals surface area contributed by atoms with Gasteiger partial charge in [0.2, 0.25) is 0 Å². The number of benzene rings is 1. The average molecular weight is 356 g/mol. The summed E-state index contributed by atoms with van der Waals surface area (Å²) >= 11 is 0. The monoisotopic (exact) mass is 356 g/mol. The first-order chi connectivity index (χ1) is 11.5. The van der Waals surface area contributed by atoms with Gasteiger partial charge in [-0.3, -0.25) is 10.1 Å². The van der Waals surface area contributed by atoms with Crippen LogP contribution >= 0.6 is 0 Å². The number of hydrogen-bond acceptors (Lipinski definition) is 7. The zero-order valence-electron chi connectivity index (χ0n) is 14.3. The molecule has 1 aromatic rings. The molecule has 0 aliphatic carbocycles. The largest absolute Gasteiger partial charge is 0.496 e. The maximum Gasteiger partial charge on any atom is 0.408 e. The lowest BCUT2D eigenvalue weighted by Gasteiger charge is -2.22. The van der Waals surface area contributed by atoms with Crippen molar-refractivity contribution in [3.05, 3.63) is 28.3 Å². The highest BCUT2D eigenvalue weighted by Crippen LogP contribution is 2.31. The summed E-state index contributed by atoms with van der Waals surface area (Å²) in [6.07, 6.45) is -0.937. The highest BCUT2D eigenvalue weighted by molar-refractivity contribution is 5.80. The molecule has 1 unspecified atom stereocenters. The van der Waals surface area contributed by atoms with Crippen LogP contribution in [0.25, 0.3) is 0 Å². The third kappa shape index (κ3) is 6.53. The zero-order chi connectivity index (χ0) is 19.2. The molecule has 0 fully saturated rings. The van der Waals surface area contributed by atoms with Gasteiger partial charge in [-0.2, -0.15) is 0 Å². The van der Waals surface area contributed by atoms with Gasteiger partial charge in [0.25, 0.3) is 0 Å². The summed E-state index contributed by atoms with van der Waals surface area (Å²) in [5.74, 6) is -1.27. The highest BCUT2D eigenvalue weighted by atomic mass is 16.6. The number of nitro groups is 1. The van der Waals surface area contributed by atoms with Gasteiger partial charge in [0.1, 0.15) is 18.0 Å². The van der Waals surface area contributed by atoms with Gasteiger partial charge < -0.3 is 24.6 Å². The molecule has 10 nitrogen and oxygen atoms in total. The lowest BCUT2D eigenvalue weighted by Crippen LogP contribution is -2.46. The number of rotatable bonds is 7. The lowest BCUT2D eigenvalue weighted by atomic mass is 10.2. The maximum absolute atomic E-state index is 11.7. The number of carbonyl (C=O) groups is 2. The number of carbonyl (C=O) groups excluding carboxylic acids is 1. The first kappa shape index (κ1) is 20.0. The Morgan fingerprint density at radius 3 is 2.48 bits per heavy atom. The first-order valence-electron chi connectivity index (χ1n) is 7.21. The van der Waals surface area contributed by atoms with Crippen LogP contribution in [0.5, 0.6) is 11.5 Å². The zero-order valence-corrected chi connectivity index (χ0v) is 14.3. The van der Waals surface area contributed by atoms with Gasteiger partial charge in [-0.05, 0) is 32.9 Å². The fourth-order valence-corrected chi connectivity index (χ4v) is 1.69. The Kier molecular flexibility index (Phi) is 6.54. The lowest BCUT2D eigenvalue weighted by molar-refractivity contribution is -0.386. The van der Waals surface area contributed by atoms with Gasteiger partial charge in [0, 0.05) is 0 Å². The van der Waals surface area contributed by atoms with E-state index in [-0.39, 0.29) is 17.2 Å². The molecule has 0 spiro atoms. The molecule has 0 aliphatic rings. The van der Waals surface area contributed by atoms with Crippen molar-refractivity contribution in [2.24, 2.45) is 0 Å². The average Bonchev–Trinajstić information content (AvgIpc) is 2.49. The SMILES string of the molecule is COc1ccc(OCC(NC(=O)OC(C)(C)C)C(=O)O)c([N+](=O)[O-])c1. The second kappa shape index (κ2) is 8.18. The number of carboxylic acid groups (broad SMARTS) is 1. The van der Waals surface area contributed by atoms with Crippen LogP contribution in [0, 0.1) is 10.1 Å². The van der Waals surface area contributed by atoms with Crippen molar-refractivity contribution < 1.29 is 33.8 Å². The van der Waals surface area contributed by atoms with Crippen molar-refractivity contribution >= 4 is 17.7 Å². The number of alkyl carbamates (subject to hydrolysis) is 1. The van der Waals surface area contributed by atoms with Gasteiger partial charge in [0.15, 0.2) is 11.8 Å². The van der Waals surface area contributed by atoms with Crippen LogP contribution in [0.1, 0.15) is 20.8 Å². The predicted octanol–water partition coefficient (Wildman–Crippen LogP) is 1.96. The van der Waals surface area contributed by atoms with Crippen LogP contribution in [-0.2, 0) is 9.53 Å². The number of nitrogens with zero attached hydrogens (tertiary/aromatic N) is 1. The molecule has 0 aliphatic heterocycles. The number of nitro benzene ring substituents is 1. The van der Waals surface area contributed by atoms with Gasteiger partial charge in [0.05, 0.1) is 18.1 Å². The minimum absolute atomic E-state index is 0.150. The Hall–Kier alpha value is -3.04. The van der Waals surface area contributed by atoms with E-state index in [1.807, 2.05) is 0 Å². The van der Waals surface area contributed by atoms with E-state index in [0.717, 1.165) is 6.07 Å². The predicted molar refractivity (Wildman–Crippen MR) is 85.9 cm³/mol. The molecule has 1 rings (SSSR count). The molecule has 0 aromatic heterocycles. The molecule has 1 amide bonds. The number of methoxy groups -OCH3 is 1. The third-order valence-electron chi connectivity index (χ3n) is 2.76. The molecule has 2 N–H and O–H groups in total. The molecular weight excluding hydrogens is 336 g/mol. The molecule has 25 heavy (non-hydrogen) atoms. The quantitative estimate of drug-likeness (QED) is 0.558. The Morgan fingerprint density at radius 1 is 1.36 bits per heavy atom. The number of carboxylic acids is 1. The second-order valence-corrected chi connectivity index (χ2v) is 5.94. The normalized spacial score (nSPS) is 12.0. The molecule has 0 saturated carbocycles. The van der Waals surface area contributed by atoms with Gasteiger partial charge >= 0.3 is 17.7 Å². The molecule has 1 atom stereocenters. The number of hydrogen-bond donors (Lipinski definition) is 2. The summed E-state index contributed by atoms with van der Waals surface area (Å²) < 4.78 is 15.1. The van der Waals surface area contributed by atoms with Crippen LogP contribution in [0.4, 0.5) is 10.5 Å².